The third kappa shape index (κ3) is 4.43. The molecule has 1 heterocycles. The quantitative estimate of drug-likeness (QED) is 0.712. The number of aryl methyl sites for hydroxylation is 1. The summed E-state index contributed by atoms with van der Waals surface area (Å²) < 4.78 is 39.7. The minimum absolute atomic E-state index is 0.141. The van der Waals surface area contributed by atoms with E-state index >= 15 is 0 Å². The molecule has 0 amide bonds. The molecule has 1 aliphatic heterocycles. The summed E-state index contributed by atoms with van der Waals surface area (Å²) in [6.07, 6.45) is -3.28. The Bertz CT molecular complexity index is 817. The maximum absolute atomic E-state index is 13.2. The molecule has 0 fully saturated rings. The van der Waals surface area contributed by atoms with Crippen LogP contribution in [0.5, 0.6) is 0 Å². The van der Waals surface area contributed by atoms with Crippen molar-refractivity contribution in [2.75, 3.05) is 36.9 Å². The van der Waals surface area contributed by atoms with E-state index < -0.39 is 11.7 Å². The van der Waals surface area contributed by atoms with Crippen molar-refractivity contribution in [3.63, 3.8) is 0 Å². The maximum Gasteiger partial charge on any atom is 0.416 e. The first kappa shape index (κ1) is 20.5. The second-order valence-corrected chi connectivity index (χ2v) is 7.45. The summed E-state index contributed by atoms with van der Waals surface area (Å²) in [6, 6.07) is 9.87. The average Bonchev–Trinajstić information content (AvgIpc) is 2.65. The number of rotatable bonds is 6. The van der Waals surface area contributed by atoms with Crippen molar-refractivity contribution in [2.24, 2.45) is 0 Å². The number of benzene rings is 2. The fourth-order valence-corrected chi connectivity index (χ4v) is 4.04. The van der Waals surface area contributed by atoms with Crippen LogP contribution in [-0.4, -0.2) is 26.7 Å². The molecule has 2 N–H and O–H groups in total. The molecule has 3 rings (SSSR count). The van der Waals surface area contributed by atoms with E-state index in [1.165, 1.54) is 23.4 Å². The van der Waals surface area contributed by atoms with Crippen LogP contribution in [0.25, 0.3) is 0 Å². The van der Waals surface area contributed by atoms with Crippen molar-refractivity contribution in [3.8, 4) is 0 Å². The highest BCUT2D eigenvalue weighted by Crippen LogP contribution is 2.39. The second kappa shape index (κ2) is 8.43. The first-order valence-electron chi connectivity index (χ1n) is 9.76. The van der Waals surface area contributed by atoms with Crippen LogP contribution in [0.2, 0.25) is 0 Å². The molecule has 0 saturated heterocycles. The zero-order chi connectivity index (χ0) is 20.3. The molecule has 2 aromatic carbocycles. The van der Waals surface area contributed by atoms with Crippen LogP contribution in [0.3, 0.4) is 0 Å². The number of hydrogen-bond acceptors (Lipinski definition) is 3. The van der Waals surface area contributed by atoms with Crippen molar-refractivity contribution in [1.82, 2.24) is 5.32 Å². The van der Waals surface area contributed by atoms with Gasteiger partial charge in [0.25, 0.3) is 0 Å². The second-order valence-electron chi connectivity index (χ2n) is 7.45. The van der Waals surface area contributed by atoms with Gasteiger partial charge in [0, 0.05) is 44.0 Å². The number of nitrogens with one attached hydrogen (secondary N) is 2. The zero-order valence-corrected chi connectivity index (χ0v) is 16.7. The predicted octanol–water partition coefficient (Wildman–Crippen LogP) is 5.16. The Kier molecular flexibility index (Phi) is 6.18. The largest absolute Gasteiger partial charge is 0.416 e. The van der Waals surface area contributed by atoms with Crippen molar-refractivity contribution in [2.45, 2.75) is 38.9 Å². The SMILES string of the molecule is CCNCC1CCN(C)c2c(C)cc(NCc3ccccc3C(F)(F)F)cc21. The molecular weight excluding hydrogens is 363 g/mol. The molecule has 6 heteroatoms. The average molecular weight is 391 g/mol. The topological polar surface area (TPSA) is 27.3 Å². The highest BCUT2D eigenvalue weighted by Gasteiger charge is 2.32. The van der Waals surface area contributed by atoms with Crippen LogP contribution in [0.1, 0.15) is 41.5 Å². The van der Waals surface area contributed by atoms with Gasteiger partial charge in [-0.05, 0) is 54.8 Å². The van der Waals surface area contributed by atoms with E-state index in [-0.39, 0.29) is 12.1 Å². The van der Waals surface area contributed by atoms with E-state index in [1.54, 1.807) is 6.07 Å². The lowest BCUT2D eigenvalue weighted by Gasteiger charge is -2.35. The lowest BCUT2D eigenvalue weighted by Crippen LogP contribution is -2.32. The molecule has 2 aromatic rings. The van der Waals surface area contributed by atoms with Crippen LogP contribution >= 0.6 is 0 Å². The normalized spacial score (nSPS) is 16.8. The Morgan fingerprint density at radius 3 is 2.64 bits per heavy atom. The molecule has 0 aromatic heterocycles. The van der Waals surface area contributed by atoms with E-state index in [4.69, 9.17) is 0 Å². The summed E-state index contributed by atoms with van der Waals surface area (Å²) in [5.74, 6) is 0.411. The van der Waals surface area contributed by atoms with Crippen LogP contribution in [0.4, 0.5) is 24.5 Å². The molecule has 0 saturated carbocycles. The van der Waals surface area contributed by atoms with E-state index in [0.717, 1.165) is 43.4 Å². The van der Waals surface area contributed by atoms with Gasteiger partial charge in [-0.1, -0.05) is 25.1 Å². The molecule has 1 atom stereocenters. The first-order chi connectivity index (χ1) is 13.3. The minimum Gasteiger partial charge on any atom is -0.381 e. The molecular formula is C22H28F3N3. The molecule has 0 radical (unpaired) electrons. The standard InChI is InChI=1S/C22H28F3N3/c1-4-26-13-16-9-10-28(3)21-15(2)11-18(12-19(16)21)27-14-17-7-5-6-8-20(17)22(23,24)25/h5-8,11-12,16,26-27H,4,9-10,13-14H2,1-3H3. The van der Waals surface area contributed by atoms with Crippen LogP contribution < -0.4 is 15.5 Å². The van der Waals surface area contributed by atoms with E-state index in [0.29, 0.717) is 5.92 Å². The van der Waals surface area contributed by atoms with E-state index in [1.807, 2.05) is 6.07 Å². The van der Waals surface area contributed by atoms with Gasteiger partial charge in [-0.15, -0.1) is 0 Å². The zero-order valence-electron chi connectivity index (χ0n) is 16.7. The fourth-order valence-electron chi connectivity index (χ4n) is 4.04. The minimum atomic E-state index is -4.34. The molecule has 152 valence electrons. The number of alkyl halides is 3. The summed E-state index contributed by atoms with van der Waals surface area (Å²) in [6.45, 7) is 7.15. The maximum atomic E-state index is 13.2. The fraction of sp³-hybridized carbons (Fsp3) is 0.455. The van der Waals surface area contributed by atoms with Crippen molar-refractivity contribution in [3.05, 3.63) is 58.7 Å². The van der Waals surface area contributed by atoms with E-state index in [9.17, 15) is 13.2 Å². The Balaban J connectivity index is 1.86. The van der Waals surface area contributed by atoms with Gasteiger partial charge < -0.3 is 15.5 Å². The molecule has 28 heavy (non-hydrogen) atoms. The van der Waals surface area contributed by atoms with Gasteiger partial charge in [-0.3, -0.25) is 0 Å². The highest BCUT2D eigenvalue weighted by molar-refractivity contribution is 5.68. The van der Waals surface area contributed by atoms with Gasteiger partial charge in [-0.2, -0.15) is 13.2 Å². The Morgan fingerprint density at radius 2 is 1.93 bits per heavy atom. The molecule has 0 bridgehead atoms. The van der Waals surface area contributed by atoms with Gasteiger partial charge in [0.2, 0.25) is 0 Å². The lowest BCUT2D eigenvalue weighted by atomic mass is 9.87. The van der Waals surface area contributed by atoms with Crippen LogP contribution in [0.15, 0.2) is 36.4 Å². The summed E-state index contributed by atoms with van der Waals surface area (Å²) in [7, 11) is 2.10. The van der Waals surface area contributed by atoms with Gasteiger partial charge in [0.15, 0.2) is 0 Å². The van der Waals surface area contributed by atoms with E-state index in [2.05, 4.69) is 42.5 Å². The van der Waals surface area contributed by atoms with Crippen LogP contribution in [-0.2, 0) is 12.7 Å². The number of anilines is 2. The monoisotopic (exact) mass is 391 g/mol. The Hall–Kier alpha value is -2.21. The number of likely N-dealkylation sites (N-methyl/N-ethyl adjacent to an activating group) is 1. The van der Waals surface area contributed by atoms with Gasteiger partial charge in [0.05, 0.1) is 5.56 Å². The third-order valence-corrected chi connectivity index (χ3v) is 5.41. The molecule has 0 spiro atoms. The Morgan fingerprint density at radius 1 is 1.18 bits per heavy atom. The van der Waals surface area contributed by atoms with Crippen molar-refractivity contribution in [1.29, 1.82) is 0 Å². The van der Waals surface area contributed by atoms with Gasteiger partial charge in [0.1, 0.15) is 0 Å². The first-order valence-corrected chi connectivity index (χ1v) is 9.76. The summed E-state index contributed by atoms with van der Waals surface area (Å²) in [5, 5.41) is 6.65. The molecule has 3 nitrogen and oxygen atoms in total. The van der Waals surface area contributed by atoms with Crippen LogP contribution in [0, 0.1) is 6.92 Å². The Labute approximate surface area is 164 Å². The number of fused-ring (bicyclic) bond motifs is 1. The molecule has 0 aliphatic carbocycles. The number of hydrogen-bond donors (Lipinski definition) is 2. The number of nitrogens with zero attached hydrogens (tertiary/aromatic N) is 1. The lowest BCUT2D eigenvalue weighted by molar-refractivity contribution is -0.138. The molecule has 1 aliphatic rings. The molecule has 1 unspecified atom stereocenters. The summed E-state index contributed by atoms with van der Waals surface area (Å²) in [4.78, 5) is 2.27. The van der Waals surface area contributed by atoms with Gasteiger partial charge in [-0.25, -0.2) is 0 Å². The predicted molar refractivity (Wildman–Crippen MR) is 109 cm³/mol. The number of halogens is 3. The van der Waals surface area contributed by atoms with Gasteiger partial charge >= 0.3 is 6.18 Å². The summed E-state index contributed by atoms with van der Waals surface area (Å²) in [5.41, 5.74) is 4.20. The highest BCUT2D eigenvalue weighted by atomic mass is 19.4. The third-order valence-electron chi connectivity index (χ3n) is 5.41. The van der Waals surface area contributed by atoms with Crippen molar-refractivity contribution < 1.29 is 13.2 Å². The van der Waals surface area contributed by atoms with Crippen molar-refractivity contribution >= 4 is 11.4 Å². The summed E-state index contributed by atoms with van der Waals surface area (Å²) >= 11 is 0. The smallest absolute Gasteiger partial charge is 0.381 e.